The highest BCUT2D eigenvalue weighted by atomic mass is 35.5. The van der Waals surface area contributed by atoms with Crippen LogP contribution < -0.4 is 9.47 Å². The molecular formula is C19H23ClN2O4. The molecule has 0 atom stereocenters. The number of halogens is 1. The van der Waals surface area contributed by atoms with E-state index in [0.717, 1.165) is 38.8 Å². The lowest BCUT2D eigenvalue weighted by Crippen LogP contribution is -2.45. The summed E-state index contributed by atoms with van der Waals surface area (Å²) in [6.45, 7) is 3.07. The molecule has 0 saturated carbocycles. The molecule has 2 saturated heterocycles. The maximum Gasteiger partial charge on any atom is 0.254 e. The fourth-order valence-electron chi connectivity index (χ4n) is 3.98. The quantitative estimate of drug-likeness (QED) is 0.794. The zero-order chi connectivity index (χ0) is 18.1. The first kappa shape index (κ1) is 17.5. The van der Waals surface area contributed by atoms with Crippen molar-refractivity contribution in [3.8, 4) is 11.5 Å². The van der Waals surface area contributed by atoms with Crippen LogP contribution in [0.25, 0.3) is 0 Å². The molecule has 1 aromatic rings. The molecule has 4 rings (SSSR count). The first-order valence-corrected chi connectivity index (χ1v) is 9.68. The summed E-state index contributed by atoms with van der Waals surface area (Å²) < 4.78 is 10.6. The molecule has 0 spiro atoms. The van der Waals surface area contributed by atoms with Gasteiger partial charge < -0.3 is 19.3 Å². The molecule has 0 radical (unpaired) electrons. The van der Waals surface area contributed by atoms with Crippen LogP contribution in [0.1, 0.15) is 42.5 Å². The molecule has 2 amide bonds. The number of nitrogens with zero attached hydrogens (tertiary/aromatic N) is 2. The Hall–Kier alpha value is -1.95. The van der Waals surface area contributed by atoms with Gasteiger partial charge in [-0.3, -0.25) is 9.59 Å². The highest BCUT2D eigenvalue weighted by molar-refractivity contribution is 6.32. The van der Waals surface area contributed by atoms with Crippen LogP contribution in [0.15, 0.2) is 12.1 Å². The maximum atomic E-state index is 12.8. The van der Waals surface area contributed by atoms with Crippen molar-refractivity contribution in [2.24, 2.45) is 5.92 Å². The van der Waals surface area contributed by atoms with E-state index < -0.39 is 0 Å². The Balaban J connectivity index is 1.38. The van der Waals surface area contributed by atoms with Gasteiger partial charge in [0.25, 0.3) is 5.91 Å². The van der Waals surface area contributed by atoms with E-state index in [1.54, 1.807) is 17.0 Å². The molecule has 0 aliphatic carbocycles. The molecule has 0 bridgehead atoms. The molecule has 0 N–H and O–H groups in total. The smallest absolute Gasteiger partial charge is 0.254 e. The summed E-state index contributed by atoms with van der Waals surface area (Å²) in [5.74, 6) is 1.24. The summed E-state index contributed by atoms with van der Waals surface area (Å²) in [6.07, 6.45) is 4.87. The van der Waals surface area contributed by atoms with Crippen molar-refractivity contribution in [2.45, 2.75) is 32.1 Å². The van der Waals surface area contributed by atoms with Gasteiger partial charge in [-0.25, -0.2) is 0 Å². The van der Waals surface area contributed by atoms with Crippen LogP contribution >= 0.6 is 11.6 Å². The van der Waals surface area contributed by atoms with Crippen molar-refractivity contribution in [3.63, 3.8) is 0 Å². The lowest BCUT2D eigenvalue weighted by atomic mass is 9.94. The molecule has 0 unspecified atom stereocenters. The van der Waals surface area contributed by atoms with Crippen LogP contribution in [0.3, 0.4) is 0 Å². The van der Waals surface area contributed by atoms with Crippen LogP contribution in [0.4, 0.5) is 0 Å². The van der Waals surface area contributed by atoms with Crippen molar-refractivity contribution in [3.05, 3.63) is 22.7 Å². The van der Waals surface area contributed by atoms with Crippen molar-refractivity contribution >= 4 is 23.4 Å². The zero-order valence-electron chi connectivity index (χ0n) is 14.7. The van der Waals surface area contributed by atoms with E-state index in [4.69, 9.17) is 21.1 Å². The molecule has 6 nitrogen and oxygen atoms in total. The van der Waals surface area contributed by atoms with E-state index in [-0.39, 0.29) is 24.5 Å². The van der Waals surface area contributed by atoms with Crippen molar-refractivity contribution in [1.82, 2.24) is 9.80 Å². The number of likely N-dealkylation sites (tertiary alicyclic amines) is 2. The number of hydrogen-bond acceptors (Lipinski definition) is 4. The maximum absolute atomic E-state index is 12.8. The fourth-order valence-corrected chi connectivity index (χ4v) is 4.24. The Morgan fingerprint density at radius 1 is 0.962 bits per heavy atom. The van der Waals surface area contributed by atoms with Crippen LogP contribution in [0.2, 0.25) is 5.02 Å². The van der Waals surface area contributed by atoms with Crippen molar-refractivity contribution in [2.75, 3.05) is 33.0 Å². The van der Waals surface area contributed by atoms with Gasteiger partial charge in [-0.15, -0.1) is 0 Å². The van der Waals surface area contributed by atoms with Gasteiger partial charge in [-0.1, -0.05) is 11.6 Å². The molecular weight excluding hydrogens is 356 g/mol. The Bertz CT molecular complexity index is 710. The van der Waals surface area contributed by atoms with E-state index >= 15 is 0 Å². The molecule has 26 heavy (non-hydrogen) atoms. The Morgan fingerprint density at radius 3 is 2.42 bits per heavy atom. The summed E-state index contributed by atoms with van der Waals surface area (Å²) in [5.41, 5.74) is 0.500. The van der Waals surface area contributed by atoms with Crippen molar-refractivity contribution < 1.29 is 19.1 Å². The van der Waals surface area contributed by atoms with E-state index in [2.05, 4.69) is 0 Å². The summed E-state index contributed by atoms with van der Waals surface area (Å²) in [6, 6.07) is 3.31. The monoisotopic (exact) mass is 378 g/mol. The molecule has 1 aromatic carbocycles. The topological polar surface area (TPSA) is 59.1 Å². The lowest BCUT2D eigenvalue weighted by Gasteiger charge is -2.35. The van der Waals surface area contributed by atoms with Gasteiger partial charge in [0.05, 0.1) is 5.02 Å². The van der Waals surface area contributed by atoms with Gasteiger partial charge in [-0.2, -0.15) is 0 Å². The third-order valence-corrected chi connectivity index (χ3v) is 5.75. The SMILES string of the molecule is O=C(c1cc(Cl)c2c(c1)OCO2)N1CCC(C(=O)N2CCCCC2)CC1. The molecule has 3 aliphatic rings. The average molecular weight is 379 g/mol. The second-order valence-electron chi connectivity index (χ2n) is 7.14. The minimum Gasteiger partial charge on any atom is -0.454 e. The first-order valence-electron chi connectivity index (χ1n) is 9.30. The van der Waals surface area contributed by atoms with Crippen LogP contribution in [0.5, 0.6) is 11.5 Å². The van der Waals surface area contributed by atoms with E-state index in [1.165, 1.54) is 6.42 Å². The van der Waals surface area contributed by atoms with E-state index in [1.807, 2.05) is 4.90 Å². The lowest BCUT2D eigenvalue weighted by molar-refractivity contribution is -0.137. The second kappa shape index (κ2) is 7.35. The predicted molar refractivity (Wildman–Crippen MR) is 96.6 cm³/mol. The van der Waals surface area contributed by atoms with Crippen LogP contribution in [0, 0.1) is 5.92 Å². The molecule has 7 heteroatoms. The molecule has 2 fully saturated rings. The van der Waals surface area contributed by atoms with Crippen LogP contribution in [-0.4, -0.2) is 54.6 Å². The minimum atomic E-state index is -0.0749. The fraction of sp³-hybridized carbons (Fsp3) is 0.579. The highest BCUT2D eigenvalue weighted by Gasteiger charge is 2.31. The minimum absolute atomic E-state index is 0.0393. The third kappa shape index (κ3) is 3.34. The summed E-state index contributed by atoms with van der Waals surface area (Å²) in [4.78, 5) is 29.3. The standard InChI is InChI=1S/C19H23ClN2O4/c20-15-10-14(11-16-17(15)26-12-25-16)19(24)22-8-4-13(5-9-22)18(23)21-6-2-1-3-7-21/h10-11,13H,1-9,12H2. The van der Waals surface area contributed by atoms with Gasteiger partial charge >= 0.3 is 0 Å². The Kier molecular flexibility index (Phi) is 4.94. The Labute approximate surface area is 158 Å². The zero-order valence-corrected chi connectivity index (χ0v) is 15.5. The van der Waals surface area contributed by atoms with Gasteiger partial charge in [0.1, 0.15) is 0 Å². The molecule has 0 aromatic heterocycles. The number of amides is 2. The van der Waals surface area contributed by atoms with Gasteiger partial charge in [0.2, 0.25) is 12.7 Å². The molecule has 3 aliphatic heterocycles. The summed E-state index contributed by atoms with van der Waals surface area (Å²) >= 11 is 6.18. The Morgan fingerprint density at radius 2 is 1.69 bits per heavy atom. The van der Waals surface area contributed by atoms with Gasteiger partial charge in [-0.05, 0) is 44.2 Å². The number of ether oxygens (including phenoxy) is 2. The number of benzene rings is 1. The number of piperidine rings is 2. The number of fused-ring (bicyclic) bond motifs is 1. The predicted octanol–water partition coefficient (Wildman–Crippen LogP) is 2.93. The highest BCUT2D eigenvalue weighted by Crippen LogP contribution is 2.40. The molecule has 3 heterocycles. The van der Waals surface area contributed by atoms with Crippen molar-refractivity contribution in [1.29, 1.82) is 0 Å². The van der Waals surface area contributed by atoms with E-state index in [0.29, 0.717) is 35.2 Å². The largest absolute Gasteiger partial charge is 0.454 e. The number of hydrogen-bond donors (Lipinski definition) is 0. The number of rotatable bonds is 2. The second-order valence-corrected chi connectivity index (χ2v) is 7.55. The van der Waals surface area contributed by atoms with Gasteiger partial charge in [0.15, 0.2) is 11.5 Å². The van der Waals surface area contributed by atoms with Gasteiger partial charge in [0, 0.05) is 37.7 Å². The summed E-state index contributed by atoms with van der Waals surface area (Å²) in [5, 5.41) is 0.388. The molecule has 140 valence electrons. The first-order chi connectivity index (χ1) is 12.6. The third-order valence-electron chi connectivity index (χ3n) is 5.47. The summed E-state index contributed by atoms with van der Waals surface area (Å²) in [7, 11) is 0. The number of carbonyl (C=O) groups excluding carboxylic acids is 2. The van der Waals surface area contributed by atoms with E-state index in [9.17, 15) is 9.59 Å². The van der Waals surface area contributed by atoms with Crippen LogP contribution in [-0.2, 0) is 4.79 Å². The average Bonchev–Trinajstić information content (AvgIpc) is 3.17. The normalized spacial score (nSPS) is 20.3. The number of carbonyl (C=O) groups is 2.